The van der Waals surface area contributed by atoms with Gasteiger partial charge in [0.05, 0.1) is 34.3 Å². The van der Waals surface area contributed by atoms with Crippen molar-refractivity contribution in [1.82, 2.24) is 30.1 Å². The topological polar surface area (TPSA) is 83.1 Å². The van der Waals surface area contributed by atoms with Gasteiger partial charge in [0.1, 0.15) is 17.0 Å². The third kappa shape index (κ3) is 2.86. The SMILES string of the molecule is Fc1ccccc1-c1cncc2[nH]c(-c3n[nH]c4ccc(-c5ccccn5)nc34)cc12. The molecule has 6 aromatic rings. The van der Waals surface area contributed by atoms with E-state index in [1.54, 1.807) is 30.7 Å². The lowest BCUT2D eigenvalue weighted by Gasteiger charge is -2.03. The number of halogens is 1. The van der Waals surface area contributed by atoms with Crippen molar-refractivity contribution in [3.63, 3.8) is 0 Å². The molecule has 148 valence electrons. The number of nitrogens with one attached hydrogen (secondary N) is 2. The summed E-state index contributed by atoms with van der Waals surface area (Å²) in [5.41, 5.74) is 6.60. The first-order valence-electron chi connectivity index (χ1n) is 9.76. The quantitative estimate of drug-likeness (QED) is 0.414. The first-order valence-corrected chi connectivity index (χ1v) is 9.76. The van der Waals surface area contributed by atoms with Gasteiger partial charge in [0.2, 0.25) is 0 Å². The maximum atomic E-state index is 14.4. The molecule has 0 aliphatic rings. The third-order valence-corrected chi connectivity index (χ3v) is 5.30. The van der Waals surface area contributed by atoms with E-state index in [4.69, 9.17) is 4.98 Å². The molecule has 5 aromatic heterocycles. The molecule has 0 aliphatic carbocycles. The Balaban J connectivity index is 1.53. The minimum Gasteiger partial charge on any atom is -0.352 e. The molecule has 2 N–H and O–H groups in total. The highest BCUT2D eigenvalue weighted by Gasteiger charge is 2.16. The second-order valence-electron chi connectivity index (χ2n) is 7.19. The molecule has 0 amide bonds. The number of aromatic amines is 2. The van der Waals surface area contributed by atoms with Crippen LogP contribution in [0.5, 0.6) is 0 Å². The molecule has 0 aliphatic heterocycles. The Labute approximate surface area is 175 Å². The van der Waals surface area contributed by atoms with Crippen LogP contribution in [0, 0.1) is 5.82 Å². The lowest BCUT2D eigenvalue weighted by atomic mass is 10.0. The summed E-state index contributed by atoms with van der Waals surface area (Å²) in [5, 5.41) is 8.39. The Morgan fingerprint density at radius 3 is 2.58 bits per heavy atom. The predicted octanol–water partition coefficient (Wildman–Crippen LogP) is 5.37. The van der Waals surface area contributed by atoms with Crippen LogP contribution in [0.1, 0.15) is 0 Å². The smallest absolute Gasteiger partial charge is 0.135 e. The fourth-order valence-electron chi connectivity index (χ4n) is 3.82. The number of rotatable bonds is 3. The average molecular weight is 406 g/mol. The number of fused-ring (bicyclic) bond motifs is 2. The molecule has 6 rings (SSSR count). The van der Waals surface area contributed by atoms with Gasteiger partial charge in [-0.25, -0.2) is 9.37 Å². The summed E-state index contributed by atoms with van der Waals surface area (Å²) in [6, 6.07) is 18.2. The first kappa shape index (κ1) is 17.5. The van der Waals surface area contributed by atoms with Gasteiger partial charge in [-0.2, -0.15) is 5.10 Å². The molecule has 0 unspecified atom stereocenters. The lowest BCUT2D eigenvalue weighted by Crippen LogP contribution is -1.87. The molecule has 7 heteroatoms. The molecule has 6 nitrogen and oxygen atoms in total. The molecule has 1 aromatic carbocycles. The van der Waals surface area contributed by atoms with Crippen molar-refractivity contribution in [3.05, 3.63) is 85.1 Å². The highest BCUT2D eigenvalue weighted by atomic mass is 19.1. The van der Waals surface area contributed by atoms with Crippen LogP contribution >= 0.6 is 0 Å². The Morgan fingerprint density at radius 2 is 1.71 bits per heavy atom. The zero-order chi connectivity index (χ0) is 20.8. The number of pyridine rings is 3. The monoisotopic (exact) mass is 406 g/mol. The highest BCUT2D eigenvalue weighted by Crippen LogP contribution is 2.34. The van der Waals surface area contributed by atoms with Gasteiger partial charge in [-0.3, -0.25) is 15.1 Å². The van der Waals surface area contributed by atoms with Crippen LogP contribution in [0.2, 0.25) is 0 Å². The zero-order valence-electron chi connectivity index (χ0n) is 16.2. The summed E-state index contributed by atoms with van der Waals surface area (Å²) >= 11 is 0. The molecule has 0 fully saturated rings. The fraction of sp³-hybridized carbons (Fsp3) is 0. The van der Waals surface area contributed by atoms with Crippen LogP contribution in [0.4, 0.5) is 4.39 Å². The summed E-state index contributed by atoms with van der Waals surface area (Å²) in [5.74, 6) is -0.286. The van der Waals surface area contributed by atoms with E-state index >= 15 is 0 Å². The van der Waals surface area contributed by atoms with E-state index in [9.17, 15) is 4.39 Å². The molecule has 0 spiro atoms. The van der Waals surface area contributed by atoms with E-state index in [-0.39, 0.29) is 5.82 Å². The van der Waals surface area contributed by atoms with Crippen molar-refractivity contribution < 1.29 is 4.39 Å². The Kier molecular flexibility index (Phi) is 3.86. The van der Waals surface area contributed by atoms with E-state index in [1.165, 1.54) is 6.07 Å². The normalized spacial score (nSPS) is 11.4. The predicted molar refractivity (Wildman–Crippen MR) is 118 cm³/mol. The van der Waals surface area contributed by atoms with Crippen LogP contribution in [-0.2, 0) is 0 Å². The van der Waals surface area contributed by atoms with Crippen molar-refractivity contribution in [2.75, 3.05) is 0 Å². The molecule has 0 radical (unpaired) electrons. The second-order valence-corrected chi connectivity index (χ2v) is 7.19. The summed E-state index contributed by atoms with van der Waals surface area (Å²) in [6.45, 7) is 0. The molecule has 0 bridgehead atoms. The molecule has 0 saturated heterocycles. The van der Waals surface area contributed by atoms with Gasteiger partial charge in [-0.15, -0.1) is 0 Å². The molecule has 31 heavy (non-hydrogen) atoms. The average Bonchev–Trinajstić information content (AvgIpc) is 3.43. The van der Waals surface area contributed by atoms with Crippen molar-refractivity contribution in [2.24, 2.45) is 0 Å². The fourth-order valence-corrected chi connectivity index (χ4v) is 3.82. The van der Waals surface area contributed by atoms with Gasteiger partial charge < -0.3 is 4.98 Å². The van der Waals surface area contributed by atoms with E-state index < -0.39 is 0 Å². The molecular weight excluding hydrogens is 391 g/mol. The number of aromatic nitrogens is 6. The summed E-state index contributed by atoms with van der Waals surface area (Å²) < 4.78 is 14.4. The van der Waals surface area contributed by atoms with Gasteiger partial charge in [0.25, 0.3) is 0 Å². The number of benzene rings is 1. The van der Waals surface area contributed by atoms with Gasteiger partial charge in [0, 0.05) is 28.9 Å². The van der Waals surface area contributed by atoms with Crippen molar-refractivity contribution >= 4 is 21.9 Å². The highest BCUT2D eigenvalue weighted by molar-refractivity contribution is 6.00. The molecular formula is C24H15FN6. The lowest BCUT2D eigenvalue weighted by molar-refractivity contribution is 0.631. The van der Waals surface area contributed by atoms with Crippen LogP contribution in [0.25, 0.3) is 55.8 Å². The largest absolute Gasteiger partial charge is 0.352 e. The maximum Gasteiger partial charge on any atom is 0.135 e. The maximum absolute atomic E-state index is 14.4. The van der Waals surface area contributed by atoms with E-state index in [0.29, 0.717) is 11.3 Å². The molecule has 5 heterocycles. The summed E-state index contributed by atoms with van der Waals surface area (Å²) in [4.78, 5) is 16.8. The van der Waals surface area contributed by atoms with Crippen LogP contribution in [0.3, 0.4) is 0 Å². The van der Waals surface area contributed by atoms with Crippen LogP contribution in [-0.4, -0.2) is 30.1 Å². The number of hydrogen-bond donors (Lipinski definition) is 2. The minimum atomic E-state index is -0.286. The number of hydrogen-bond acceptors (Lipinski definition) is 4. The Morgan fingerprint density at radius 1 is 0.806 bits per heavy atom. The standard InChI is InChI=1S/C24H15FN6/c25-17-6-2-1-5-14(17)16-12-26-13-22-15(16)11-21(28-22)24-23-20(30-31-24)9-8-19(29-23)18-7-3-4-10-27-18/h1-13,28H,(H,30,31). The first-order chi connectivity index (χ1) is 15.3. The Bertz CT molecular complexity index is 1550. The molecule has 0 atom stereocenters. The van der Waals surface area contributed by atoms with Gasteiger partial charge in [0.15, 0.2) is 0 Å². The van der Waals surface area contributed by atoms with Gasteiger partial charge in [-0.1, -0.05) is 24.3 Å². The van der Waals surface area contributed by atoms with Crippen LogP contribution in [0.15, 0.2) is 79.3 Å². The second kappa shape index (κ2) is 6.84. The van der Waals surface area contributed by atoms with Crippen molar-refractivity contribution in [1.29, 1.82) is 0 Å². The van der Waals surface area contributed by atoms with Crippen LogP contribution < -0.4 is 0 Å². The van der Waals surface area contributed by atoms with Gasteiger partial charge >= 0.3 is 0 Å². The summed E-state index contributed by atoms with van der Waals surface area (Å²) in [7, 11) is 0. The van der Waals surface area contributed by atoms with E-state index in [2.05, 4.69) is 25.1 Å². The van der Waals surface area contributed by atoms with E-state index in [1.807, 2.05) is 42.5 Å². The number of nitrogens with zero attached hydrogens (tertiary/aromatic N) is 4. The minimum absolute atomic E-state index is 0.286. The molecule has 0 saturated carbocycles. The number of H-pyrrole nitrogens is 2. The Hall–Kier alpha value is -4.39. The third-order valence-electron chi connectivity index (χ3n) is 5.30. The van der Waals surface area contributed by atoms with E-state index in [0.717, 1.165) is 44.6 Å². The summed E-state index contributed by atoms with van der Waals surface area (Å²) in [6.07, 6.45) is 5.15. The zero-order valence-corrected chi connectivity index (χ0v) is 16.2. The van der Waals surface area contributed by atoms with Gasteiger partial charge in [-0.05, 0) is 36.4 Å². The van der Waals surface area contributed by atoms with Crippen molar-refractivity contribution in [2.45, 2.75) is 0 Å². The van der Waals surface area contributed by atoms with Crippen molar-refractivity contribution in [3.8, 4) is 33.9 Å².